The molecular formula is C16H10N8S. The Balaban J connectivity index is 1.56. The highest BCUT2D eigenvalue weighted by atomic mass is 32.1. The Bertz CT molecular complexity index is 1140. The van der Waals surface area contributed by atoms with Crippen molar-refractivity contribution in [1.29, 1.82) is 0 Å². The Morgan fingerprint density at radius 3 is 2.72 bits per heavy atom. The lowest BCUT2D eigenvalue weighted by Gasteiger charge is -1.98. The van der Waals surface area contributed by atoms with Crippen LogP contribution in [0.15, 0.2) is 61.3 Å². The molecule has 5 rings (SSSR count). The van der Waals surface area contributed by atoms with Crippen molar-refractivity contribution in [2.45, 2.75) is 0 Å². The molecule has 0 saturated heterocycles. The van der Waals surface area contributed by atoms with Gasteiger partial charge in [-0.25, -0.2) is 9.67 Å². The number of fused-ring (bicyclic) bond motifs is 1. The summed E-state index contributed by atoms with van der Waals surface area (Å²) in [6.07, 6.45) is 8.62. The number of hydrogen-bond donors (Lipinski definition) is 0. The van der Waals surface area contributed by atoms with Crippen LogP contribution in [0.1, 0.15) is 0 Å². The van der Waals surface area contributed by atoms with Crippen LogP contribution in [0.5, 0.6) is 0 Å². The normalized spacial score (nSPS) is 11.2. The quantitative estimate of drug-likeness (QED) is 0.499. The van der Waals surface area contributed by atoms with E-state index in [1.807, 2.05) is 41.2 Å². The van der Waals surface area contributed by atoms with Crippen LogP contribution >= 0.6 is 11.3 Å². The first kappa shape index (κ1) is 13.9. The lowest BCUT2D eigenvalue weighted by atomic mass is 10.3. The second-order valence-corrected chi connectivity index (χ2v) is 6.18. The second-order valence-electron chi connectivity index (χ2n) is 5.22. The van der Waals surface area contributed by atoms with Gasteiger partial charge in [0, 0.05) is 18.6 Å². The maximum absolute atomic E-state index is 4.62. The van der Waals surface area contributed by atoms with Crippen molar-refractivity contribution in [3.63, 3.8) is 0 Å². The molecule has 120 valence electrons. The number of para-hydroxylation sites is 1. The summed E-state index contributed by atoms with van der Waals surface area (Å²) in [4.78, 5) is 9.02. The summed E-state index contributed by atoms with van der Waals surface area (Å²) >= 11 is 1.45. The van der Waals surface area contributed by atoms with Crippen LogP contribution in [0, 0.1) is 0 Å². The topological polar surface area (TPSA) is 86.7 Å². The van der Waals surface area contributed by atoms with E-state index in [0.29, 0.717) is 16.5 Å². The van der Waals surface area contributed by atoms with Crippen molar-refractivity contribution in [2.24, 2.45) is 0 Å². The number of hydrogen-bond acceptors (Lipinski definition) is 7. The summed E-state index contributed by atoms with van der Waals surface area (Å²) in [5.74, 6) is 0.570. The Labute approximate surface area is 145 Å². The molecule has 0 aliphatic heterocycles. The highest BCUT2D eigenvalue weighted by molar-refractivity contribution is 7.19. The Kier molecular flexibility index (Phi) is 3.10. The molecule has 0 bridgehead atoms. The molecule has 9 heteroatoms. The van der Waals surface area contributed by atoms with Crippen LogP contribution in [-0.4, -0.2) is 39.6 Å². The molecule has 4 heterocycles. The largest absolute Gasteiger partial charge is 0.261 e. The first-order chi connectivity index (χ1) is 12.4. The lowest BCUT2D eigenvalue weighted by Crippen LogP contribution is -1.93. The highest BCUT2D eigenvalue weighted by Gasteiger charge is 2.16. The SMILES string of the molecule is c1ccc(-n2cc(-c3nn4c(-c5cnccn5)nnc4s3)cn2)cc1. The highest BCUT2D eigenvalue weighted by Crippen LogP contribution is 2.27. The Morgan fingerprint density at radius 2 is 1.88 bits per heavy atom. The van der Waals surface area contributed by atoms with E-state index in [1.165, 1.54) is 11.3 Å². The fourth-order valence-electron chi connectivity index (χ4n) is 2.46. The van der Waals surface area contributed by atoms with E-state index >= 15 is 0 Å². The van der Waals surface area contributed by atoms with Gasteiger partial charge < -0.3 is 0 Å². The van der Waals surface area contributed by atoms with Gasteiger partial charge >= 0.3 is 0 Å². The van der Waals surface area contributed by atoms with Gasteiger partial charge in [-0.2, -0.15) is 14.7 Å². The van der Waals surface area contributed by atoms with Gasteiger partial charge in [-0.15, -0.1) is 10.2 Å². The van der Waals surface area contributed by atoms with Crippen molar-refractivity contribution < 1.29 is 0 Å². The molecule has 0 aliphatic carbocycles. The molecule has 8 nitrogen and oxygen atoms in total. The fraction of sp³-hybridized carbons (Fsp3) is 0. The van der Waals surface area contributed by atoms with Gasteiger partial charge in [0.2, 0.25) is 10.8 Å². The maximum Gasteiger partial charge on any atom is 0.235 e. The molecule has 5 aromatic rings. The standard InChI is InChI=1S/C16H10N8S/c1-2-4-12(5-3-1)23-10-11(8-19-23)15-22-24-14(20-21-16(24)25-15)13-9-17-6-7-18-13/h1-10H. The average Bonchev–Trinajstić information content (AvgIpc) is 3.38. The van der Waals surface area contributed by atoms with E-state index < -0.39 is 0 Å². The van der Waals surface area contributed by atoms with Gasteiger partial charge in [-0.3, -0.25) is 4.98 Å². The zero-order chi connectivity index (χ0) is 16.6. The molecule has 25 heavy (non-hydrogen) atoms. The number of aromatic nitrogens is 8. The first-order valence-corrected chi connectivity index (χ1v) is 8.29. The van der Waals surface area contributed by atoms with E-state index in [9.17, 15) is 0 Å². The predicted molar refractivity (Wildman–Crippen MR) is 92.2 cm³/mol. The summed E-state index contributed by atoms with van der Waals surface area (Å²) in [5.41, 5.74) is 2.55. The minimum atomic E-state index is 0.570. The van der Waals surface area contributed by atoms with E-state index in [-0.39, 0.29) is 0 Å². The number of nitrogens with zero attached hydrogens (tertiary/aromatic N) is 8. The molecule has 0 N–H and O–H groups in total. The molecule has 0 spiro atoms. The minimum absolute atomic E-state index is 0.570. The molecule has 0 unspecified atom stereocenters. The fourth-order valence-corrected chi connectivity index (χ4v) is 3.28. The van der Waals surface area contributed by atoms with Gasteiger partial charge in [0.25, 0.3) is 0 Å². The summed E-state index contributed by atoms with van der Waals surface area (Å²) in [7, 11) is 0. The summed E-state index contributed by atoms with van der Waals surface area (Å²) < 4.78 is 3.51. The van der Waals surface area contributed by atoms with Crippen molar-refractivity contribution >= 4 is 16.3 Å². The molecule has 4 aromatic heterocycles. The smallest absolute Gasteiger partial charge is 0.235 e. The Hall–Kier alpha value is -3.46. The maximum atomic E-state index is 4.62. The van der Waals surface area contributed by atoms with Crippen LogP contribution in [0.25, 0.3) is 32.7 Å². The van der Waals surface area contributed by atoms with Crippen LogP contribution < -0.4 is 0 Å². The zero-order valence-corrected chi connectivity index (χ0v) is 13.6. The molecule has 0 saturated carbocycles. The van der Waals surface area contributed by atoms with Gasteiger partial charge in [0.05, 0.1) is 23.6 Å². The van der Waals surface area contributed by atoms with Crippen molar-refractivity contribution in [3.8, 4) is 27.8 Å². The zero-order valence-electron chi connectivity index (χ0n) is 12.8. The van der Waals surface area contributed by atoms with E-state index in [0.717, 1.165) is 16.3 Å². The van der Waals surface area contributed by atoms with Gasteiger partial charge in [0.15, 0.2) is 5.01 Å². The van der Waals surface area contributed by atoms with Gasteiger partial charge in [-0.05, 0) is 12.1 Å². The van der Waals surface area contributed by atoms with Crippen LogP contribution in [0.3, 0.4) is 0 Å². The molecule has 0 atom stereocenters. The Morgan fingerprint density at radius 1 is 0.960 bits per heavy atom. The third-order valence-electron chi connectivity index (χ3n) is 3.63. The van der Waals surface area contributed by atoms with Crippen LogP contribution in [0.4, 0.5) is 0 Å². The molecule has 0 radical (unpaired) electrons. The van der Waals surface area contributed by atoms with E-state index in [4.69, 9.17) is 0 Å². The van der Waals surface area contributed by atoms with Crippen molar-refractivity contribution in [1.82, 2.24) is 39.6 Å². The molecule has 0 fully saturated rings. The van der Waals surface area contributed by atoms with Crippen LogP contribution in [-0.2, 0) is 0 Å². The minimum Gasteiger partial charge on any atom is -0.261 e. The molecular weight excluding hydrogens is 336 g/mol. The molecule has 0 aliphatic rings. The lowest BCUT2D eigenvalue weighted by molar-refractivity contribution is 0.880. The third kappa shape index (κ3) is 2.37. The summed E-state index contributed by atoms with van der Waals surface area (Å²) in [6.45, 7) is 0. The first-order valence-electron chi connectivity index (χ1n) is 7.47. The van der Waals surface area contributed by atoms with Crippen molar-refractivity contribution in [3.05, 3.63) is 61.3 Å². The van der Waals surface area contributed by atoms with Gasteiger partial charge in [0.1, 0.15) is 5.69 Å². The van der Waals surface area contributed by atoms with Crippen LogP contribution in [0.2, 0.25) is 0 Å². The average molecular weight is 346 g/mol. The molecule has 0 amide bonds. The summed E-state index contributed by atoms with van der Waals surface area (Å²) in [5, 5.41) is 18.2. The van der Waals surface area contributed by atoms with E-state index in [1.54, 1.807) is 29.3 Å². The molecule has 1 aromatic carbocycles. The second kappa shape index (κ2) is 5.56. The third-order valence-corrected chi connectivity index (χ3v) is 4.58. The monoisotopic (exact) mass is 346 g/mol. The number of rotatable bonds is 3. The van der Waals surface area contributed by atoms with Gasteiger partial charge in [-0.1, -0.05) is 29.5 Å². The predicted octanol–water partition coefficient (Wildman–Crippen LogP) is 2.50. The van der Waals surface area contributed by atoms with E-state index in [2.05, 4.69) is 30.4 Å². The summed E-state index contributed by atoms with van der Waals surface area (Å²) in [6, 6.07) is 9.94. The number of benzene rings is 1. The van der Waals surface area contributed by atoms with Crippen molar-refractivity contribution in [2.75, 3.05) is 0 Å².